The van der Waals surface area contributed by atoms with Crippen LogP contribution in [0.15, 0.2) is 24.3 Å². The molecule has 0 radical (unpaired) electrons. The molecule has 0 aliphatic rings. The van der Waals surface area contributed by atoms with Crippen LogP contribution in [-0.2, 0) is 15.1 Å². The second kappa shape index (κ2) is 6.35. The molecule has 0 heterocycles. The van der Waals surface area contributed by atoms with E-state index in [9.17, 15) is 9.18 Å². The first kappa shape index (κ1) is 14.4. The van der Waals surface area contributed by atoms with Gasteiger partial charge in [-0.25, -0.2) is 9.18 Å². The summed E-state index contributed by atoms with van der Waals surface area (Å²) >= 11 is 0. The van der Waals surface area contributed by atoms with E-state index in [0.29, 0.717) is 5.56 Å². The summed E-state index contributed by atoms with van der Waals surface area (Å²) in [5.74, 6) is -0.368. The van der Waals surface area contributed by atoms with Crippen molar-refractivity contribution < 1.29 is 18.7 Å². The predicted molar refractivity (Wildman–Crippen MR) is 65.8 cm³/mol. The molecule has 1 amide bonds. The predicted octanol–water partition coefficient (Wildman–Crippen LogP) is 2.43. The molecule has 0 aliphatic carbocycles. The van der Waals surface area contributed by atoms with Crippen molar-refractivity contribution in [1.29, 1.82) is 0 Å². The highest BCUT2D eigenvalue weighted by Gasteiger charge is 2.29. The molecule has 1 aromatic rings. The Morgan fingerprint density at radius 3 is 2.67 bits per heavy atom. The van der Waals surface area contributed by atoms with Gasteiger partial charge in [-0.3, -0.25) is 0 Å². The number of halogens is 1. The Labute approximate surface area is 106 Å². The third-order valence-electron chi connectivity index (χ3n) is 2.74. The van der Waals surface area contributed by atoms with Crippen molar-refractivity contribution in [3.63, 3.8) is 0 Å². The summed E-state index contributed by atoms with van der Waals surface area (Å²) in [5, 5.41) is 2.55. The summed E-state index contributed by atoms with van der Waals surface area (Å²) in [6.07, 6.45) is -0.544. The lowest BCUT2D eigenvalue weighted by Crippen LogP contribution is -2.40. The number of methoxy groups -OCH3 is 1. The molecule has 0 aliphatic heterocycles. The summed E-state index contributed by atoms with van der Waals surface area (Å²) in [6.45, 7) is 3.84. The van der Waals surface area contributed by atoms with E-state index in [1.165, 1.54) is 13.2 Å². The van der Waals surface area contributed by atoms with Crippen LogP contribution in [0.25, 0.3) is 0 Å². The summed E-state index contributed by atoms with van der Waals surface area (Å²) in [5.41, 5.74) is -0.540. The van der Waals surface area contributed by atoms with Gasteiger partial charge in [0.1, 0.15) is 11.4 Å². The zero-order valence-electron chi connectivity index (χ0n) is 10.8. The van der Waals surface area contributed by atoms with E-state index in [0.717, 1.165) is 0 Å². The number of alkyl carbamates (subject to hydrolysis) is 1. The van der Waals surface area contributed by atoms with Gasteiger partial charge in [0.25, 0.3) is 0 Å². The number of benzene rings is 1. The average molecular weight is 255 g/mol. The van der Waals surface area contributed by atoms with E-state index in [-0.39, 0.29) is 19.0 Å². The molecular formula is C13H18FNO3. The fraction of sp³-hybridized carbons (Fsp3) is 0.462. The molecule has 1 aromatic carbocycles. The van der Waals surface area contributed by atoms with Crippen molar-refractivity contribution in [2.24, 2.45) is 0 Å². The zero-order valence-corrected chi connectivity index (χ0v) is 10.8. The van der Waals surface area contributed by atoms with Gasteiger partial charge in [-0.05, 0) is 19.9 Å². The number of ether oxygens (including phenoxy) is 2. The number of carbonyl (C=O) groups is 1. The fourth-order valence-corrected chi connectivity index (χ4v) is 1.59. The maximum absolute atomic E-state index is 13.7. The lowest BCUT2D eigenvalue weighted by molar-refractivity contribution is -0.000315. The van der Waals surface area contributed by atoms with Crippen LogP contribution in [0, 0.1) is 5.82 Å². The normalized spacial score (nSPS) is 13.8. The van der Waals surface area contributed by atoms with Crippen LogP contribution >= 0.6 is 0 Å². The van der Waals surface area contributed by atoms with Gasteiger partial charge in [-0.1, -0.05) is 18.2 Å². The van der Waals surface area contributed by atoms with E-state index >= 15 is 0 Å². The first-order chi connectivity index (χ1) is 8.53. The third kappa shape index (κ3) is 3.43. The van der Waals surface area contributed by atoms with E-state index in [4.69, 9.17) is 9.47 Å². The number of carbonyl (C=O) groups excluding carboxylic acids is 1. The molecule has 0 fully saturated rings. The molecule has 1 rings (SSSR count). The van der Waals surface area contributed by atoms with Gasteiger partial charge >= 0.3 is 6.09 Å². The van der Waals surface area contributed by atoms with Crippen LogP contribution in [0.3, 0.4) is 0 Å². The largest absolute Gasteiger partial charge is 0.450 e. The van der Waals surface area contributed by atoms with Crippen LogP contribution in [0.5, 0.6) is 0 Å². The number of rotatable bonds is 5. The van der Waals surface area contributed by atoms with Crippen molar-refractivity contribution >= 4 is 6.09 Å². The van der Waals surface area contributed by atoms with Crippen LogP contribution < -0.4 is 5.32 Å². The van der Waals surface area contributed by atoms with Gasteiger partial charge < -0.3 is 14.8 Å². The van der Waals surface area contributed by atoms with Gasteiger partial charge in [0, 0.05) is 12.7 Å². The Bertz CT molecular complexity index is 411. The molecule has 0 saturated carbocycles. The maximum Gasteiger partial charge on any atom is 0.407 e. The molecule has 100 valence electrons. The Balaban J connectivity index is 2.80. The highest BCUT2D eigenvalue weighted by Crippen LogP contribution is 2.26. The van der Waals surface area contributed by atoms with Gasteiger partial charge in [0.05, 0.1) is 13.2 Å². The number of hydrogen-bond acceptors (Lipinski definition) is 3. The Kier molecular flexibility index (Phi) is 5.09. The standard InChI is InChI=1S/C13H18FNO3/c1-4-18-12(16)15-9-13(2,17-3)10-7-5-6-8-11(10)14/h5-8H,4,9H2,1-3H3,(H,15,16). The van der Waals surface area contributed by atoms with Crippen molar-refractivity contribution in [2.45, 2.75) is 19.4 Å². The summed E-state index contributed by atoms with van der Waals surface area (Å²) in [7, 11) is 1.47. The summed E-state index contributed by atoms with van der Waals surface area (Å²) < 4.78 is 23.8. The number of amides is 1. The molecular weight excluding hydrogens is 237 g/mol. The van der Waals surface area contributed by atoms with Crippen molar-refractivity contribution in [3.05, 3.63) is 35.6 Å². The Hall–Kier alpha value is -1.62. The quantitative estimate of drug-likeness (QED) is 0.879. The van der Waals surface area contributed by atoms with Crippen LogP contribution in [-0.4, -0.2) is 26.4 Å². The lowest BCUT2D eigenvalue weighted by Gasteiger charge is -2.29. The molecule has 0 saturated heterocycles. The summed E-state index contributed by atoms with van der Waals surface area (Å²) in [6, 6.07) is 6.32. The zero-order chi connectivity index (χ0) is 13.6. The minimum atomic E-state index is -0.932. The van der Waals surface area contributed by atoms with Crippen LogP contribution in [0.1, 0.15) is 19.4 Å². The molecule has 0 spiro atoms. The van der Waals surface area contributed by atoms with Gasteiger partial charge in [-0.2, -0.15) is 0 Å². The third-order valence-corrected chi connectivity index (χ3v) is 2.74. The highest BCUT2D eigenvalue weighted by molar-refractivity contribution is 5.67. The van der Waals surface area contributed by atoms with Crippen molar-refractivity contribution in [2.75, 3.05) is 20.3 Å². The Morgan fingerprint density at radius 2 is 2.11 bits per heavy atom. The number of hydrogen-bond donors (Lipinski definition) is 1. The molecule has 1 atom stereocenters. The molecule has 0 aromatic heterocycles. The van der Waals surface area contributed by atoms with Crippen LogP contribution in [0.2, 0.25) is 0 Å². The topological polar surface area (TPSA) is 47.6 Å². The second-order valence-corrected chi connectivity index (χ2v) is 3.99. The van der Waals surface area contributed by atoms with Gasteiger partial charge in [0.15, 0.2) is 0 Å². The smallest absolute Gasteiger partial charge is 0.407 e. The fourth-order valence-electron chi connectivity index (χ4n) is 1.59. The molecule has 5 heteroatoms. The van der Waals surface area contributed by atoms with Gasteiger partial charge in [0.2, 0.25) is 0 Å². The van der Waals surface area contributed by atoms with Crippen molar-refractivity contribution in [3.8, 4) is 0 Å². The van der Waals surface area contributed by atoms with Gasteiger partial charge in [-0.15, -0.1) is 0 Å². The molecule has 1 N–H and O–H groups in total. The number of nitrogens with one attached hydrogen (secondary N) is 1. The van der Waals surface area contributed by atoms with E-state index < -0.39 is 11.7 Å². The molecule has 1 unspecified atom stereocenters. The second-order valence-electron chi connectivity index (χ2n) is 3.99. The molecule has 18 heavy (non-hydrogen) atoms. The highest BCUT2D eigenvalue weighted by atomic mass is 19.1. The van der Waals surface area contributed by atoms with Crippen LogP contribution in [0.4, 0.5) is 9.18 Å². The van der Waals surface area contributed by atoms with E-state index in [1.807, 2.05) is 0 Å². The molecule has 4 nitrogen and oxygen atoms in total. The van der Waals surface area contributed by atoms with Crippen molar-refractivity contribution in [1.82, 2.24) is 5.32 Å². The minimum Gasteiger partial charge on any atom is -0.450 e. The first-order valence-electron chi connectivity index (χ1n) is 5.74. The molecule has 0 bridgehead atoms. The average Bonchev–Trinajstić information content (AvgIpc) is 2.37. The Morgan fingerprint density at radius 1 is 1.44 bits per heavy atom. The monoisotopic (exact) mass is 255 g/mol. The summed E-state index contributed by atoms with van der Waals surface area (Å²) in [4.78, 5) is 11.2. The first-order valence-corrected chi connectivity index (χ1v) is 5.74. The van der Waals surface area contributed by atoms with E-state index in [2.05, 4.69) is 5.32 Å². The minimum absolute atomic E-state index is 0.128. The maximum atomic E-state index is 13.7. The lowest BCUT2D eigenvalue weighted by atomic mass is 9.95. The van der Waals surface area contributed by atoms with E-state index in [1.54, 1.807) is 32.0 Å². The SMILES string of the molecule is CCOC(=O)NCC(C)(OC)c1ccccc1F.